The molecule has 0 bridgehead atoms. The van der Waals surface area contributed by atoms with E-state index in [4.69, 9.17) is 4.74 Å². The van der Waals surface area contributed by atoms with Gasteiger partial charge >= 0.3 is 6.09 Å². The maximum absolute atomic E-state index is 14.7. The highest BCUT2D eigenvalue weighted by atomic mass is 19.1. The van der Waals surface area contributed by atoms with E-state index in [-0.39, 0.29) is 23.2 Å². The first-order valence-electron chi connectivity index (χ1n) is 11.1. The molecule has 170 valence electrons. The van der Waals surface area contributed by atoms with E-state index in [0.29, 0.717) is 34.3 Å². The predicted octanol–water partition coefficient (Wildman–Crippen LogP) is 3.97. The van der Waals surface area contributed by atoms with Gasteiger partial charge in [-0.1, -0.05) is 18.9 Å². The Kier molecular flexibility index (Phi) is 5.32. The minimum absolute atomic E-state index is 0.0827. The highest BCUT2D eigenvalue weighted by Crippen LogP contribution is 2.38. The van der Waals surface area contributed by atoms with Gasteiger partial charge in [-0.25, -0.2) is 9.18 Å². The van der Waals surface area contributed by atoms with E-state index >= 15 is 0 Å². The van der Waals surface area contributed by atoms with Crippen LogP contribution in [0.1, 0.15) is 44.1 Å². The number of allylic oxidation sites excluding steroid dienone is 1. The van der Waals surface area contributed by atoms with Crippen LogP contribution in [-0.2, 0) is 16.1 Å². The number of rotatable bonds is 5. The van der Waals surface area contributed by atoms with Crippen molar-refractivity contribution < 1.29 is 18.7 Å². The molecule has 1 aromatic carbocycles. The summed E-state index contributed by atoms with van der Waals surface area (Å²) in [5.74, 6) is -1.32. The van der Waals surface area contributed by atoms with Gasteiger partial charge in [-0.3, -0.25) is 19.6 Å². The summed E-state index contributed by atoms with van der Waals surface area (Å²) in [5.41, 5.74) is 1.83. The lowest BCUT2D eigenvalue weighted by Crippen LogP contribution is -2.21. The number of amides is 2. The number of benzene rings is 1. The lowest BCUT2D eigenvalue weighted by atomic mass is 9.84. The van der Waals surface area contributed by atoms with Gasteiger partial charge in [0.2, 0.25) is 0 Å². The molecule has 2 amide bonds. The molecule has 1 aliphatic carbocycles. The molecule has 3 aromatic rings. The number of H-pyrrole nitrogens is 1. The maximum atomic E-state index is 14.7. The average molecular weight is 450 g/mol. The van der Waals surface area contributed by atoms with Crippen LogP contribution >= 0.6 is 0 Å². The van der Waals surface area contributed by atoms with Crippen LogP contribution in [0, 0.1) is 11.7 Å². The summed E-state index contributed by atoms with van der Waals surface area (Å²) < 4.78 is 21.3. The van der Waals surface area contributed by atoms with Crippen molar-refractivity contribution in [3.63, 3.8) is 0 Å². The summed E-state index contributed by atoms with van der Waals surface area (Å²) in [6.07, 6.45) is 6.15. The third kappa shape index (κ3) is 3.83. The number of cyclic esters (lactones) is 1. The van der Waals surface area contributed by atoms with E-state index in [1.54, 1.807) is 29.0 Å². The van der Waals surface area contributed by atoms with Crippen molar-refractivity contribution in [1.82, 2.24) is 20.1 Å². The summed E-state index contributed by atoms with van der Waals surface area (Å²) in [7, 11) is 0. The number of imide groups is 1. The van der Waals surface area contributed by atoms with Gasteiger partial charge in [0.1, 0.15) is 5.82 Å². The second-order valence-corrected chi connectivity index (χ2v) is 8.45. The molecule has 1 aliphatic heterocycles. The molecule has 2 aliphatic rings. The van der Waals surface area contributed by atoms with Gasteiger partial charge in [0, 0.05) is 29.3 Å². The largest absolute Gasteiger partial charge is 0.419 e. The van der Waals surface area contributed by atoms with Gasteiger partial charge < -0.3 is 9.72 Å². The second-order valence-electron chi connectivity index (χ2n) is 8.45. The quantitative estimate of drug-likeness (QED) is 0.572. The van der Waals surface area contributed by atoms with Crippen LogP contribution in [0.15, 0.2) is 47.1 Å². The molecular weight excluding hydrogens is 427 g/mol. The lowest BCUT2D eigenvalue weighted by molar-refractivity contribution is -0.116. The zero-order valence-corrected chi connectivity index (χ0v) is 18.1. The Morgan fingerprint density at radius 2 is 2.03 bits per heavy atom. The Bertz CT molecular complexity index is 1350. The number of ether oxygens (including phenoxy) is 1. The van der Waals surface area contributed by atoms with E-state index in [9.17, 15) is 18.8 Å². The van der Waals surface area contributed by atoms with Crippen molar-refractivity contribution in [2.45, 2.75) is 45.1 Å². The van der Waals surface area contributed by atoms with Crippen molar-refractivity contribution in [1.29, 1.82) is 0 Å². The summed E-state index contributed by atoms with van der Waals surface area (Å²) in [6, 6.07) is 6.64. The van der Waals surface area contributed by atoms with Crippen molar-refractivity contribution in [3.8, 4) is 11.3 Å². The number of halogens is 1. The summed E-state index contributed by atoms with van der Waals surface area (Å²) in [5, 5.41) is 6.72. The van der Waals surface area contributed by atoms with Crippen molar-refractivity contribution in [2.24, 2.45) is 5.92 Å². The first-order chi connectivity index (χ1) is 15.9. The number of alkyl carbamates (subject to hydrolysis) is 1. The molecule has 1 unspecified atom stereocenters. The molecule has 1 saturated carbocycles. The number of nitrogens with zero attached hydrogens (tertiary/aromatic N) is 2. The number of aryl methyl sites for hydroxylation is 1. The van der Waals surface area contributed by atoms with Gasteiger partial charge in [0.05, 0.1) is 17.1 Å². The van der Waals surface area contributed by atoms with E-state index in [2.05, 4.69) is 15.4 Å². The molecule has 1 atom stereocenters. The van der Waals surface area contributed by atoms with Gasteiger partial charge in [0.15, 0.2) is 5.76 Å². The molecule has 2 aromatic heterocycles. The smallest absolute Gasteiger partial charge is 0.404 e. The number of carbonyl (C=O) groups excluding carboxylic acids is 2. The minimum atomic E-state index is -0.815. The Morgan fingerprint density at radius 1 is 1.24 bits per heavy atom. The highest BCUT2D eigenvalue weighted by molar-refractivity contribution is 6.07. The number of nitrogens with one attached hydrogen (secondary N) is 2. The standard InChI is InChI=1S/C24H23FN4O4/c1-2-29-20-10-14(9-18(25)17(20)12-26-29)19-8-7-15(22(30)27-19)16(13-5-3-4-6-13)11-21-23(31)28-24(32)33-21/h7-13,16H,2-6H2,1H3,(H,27,30)(H,28,31,32). The molecule has 5 rings (SSSR count). The molecule has 1 saturated heterocycles. The second kappa shape index (κ2) is 8.31. The Morgan fingerprint density at radius 3 is 2.70 bits per heavy atom. The third-order valence-electron chi connectivity index (χ3n) is 6.50. The number of hydrogen-bond acceptors (Lipinski definition) is 5. The monoisotopic (exact) mass is 450 g/mol. The molecule has 2 fully saturated rings. The number of aromatic nitrogens is 3. The van der Waals surface area contributed by atoms with Gasteiger partial charge in [-0.05, 0) is 50.0 Å². The number of hydrogen-bond donors (Lipinski definition) is 2. The fourth-order valence-corrected chi connectivity index (χ4v) is 4.85. The van der Waals surface area contributed by atoms with E-state index in [0.717, 1.165) is 25.7 Å². The zero-order chi connectivity index (χ0) is 23.1. The minimum Gasteiger partial charge on any atom is -0.404 e. The molecular formula is C24H23FN4O4. The fourth-order valence-electron chi connectivity index (χ4n) is 4.85. The molecule has 3 heterocycles. The zero-order valence-electron chi connectivity index (χ0n) is 18.1. The van der Waals surface area contributed by atoms with Crippen LogP contribution < -0.4 is 10.9 Å². The van der Waals surface area contributed by atoms with Gasteiger partial charge in [-0.15, -0.1) is 0 Å². The number of aromatic amines is 1. The molecule has 0 spiro atoms. The lowest BCUT2D eigenvalue weighted by Gasteiger charge is -2.20. The van der Waals surface area contributed by atoms with E-state index in [1.807, 2.05) is 6.92 Å². The van der Waals surface area contributed by atoms with Crippen LogP contribution in [0.4, 0.5) is 9.18 Å². The highest BCUT2D eigenvalue weighted by Gasteiger charge is 2.32. The van der Waals surface area contributed by atoms with Crippen molar-refractivity contribution in [3.05, 3.63) is 64.0 Å². The van der Waals surface area contributed by atoms with Crippen LogP contribution in [0.5, 0.6) is 0 Å². The average Bonchev–Trinajstić information content (AvgIpc) is 3.52. The molecule has 0 radical (unpaired) electrons. The Labute approximate surface area is 188 Å². The first kappa shape index (κ1) is 21.1. The first-order valence-corrected chi connectivity index (χ1v) is 11.1. The number of fused-ring (bicyclic) bond motifs is 1. The SMILES string of the molecule is CCn1ncc2c(F)cc(-c3ccc(C(C=C4OC(=O)NC4=O)C4CCCC4)c(=O)[nH]3)cc21. The topological polar surface area (TPSA) is 106 Å². The Hall–Kier alpha value is -3.75. The van der Waals surface area contributed by atoms with E-state index < -0.39 is 17.8 Å². The predicted molar refractivity (Wildman–Crippen MR) is 119 cm³/mol. The van der Waals surface area contributed by atoms with Gasteiger partial charge in [0.25, 0.3) is 11.5 Å². The summed E-state index contributed by atoms with van der Waals surface area (Å²) in [6.45, 7) is 2.52. The number of carbonyl (C=O) groups is 2. The normalized spacial score (nSPS) is 18.8. The van der Waals surface area contributed by atoms with Gasteiger partial charge in [-0.2, -0.15) is 5.10 Å². The molecule has 2 N–H and O–H groups in total. The fraction of sp³-hybridized carbons (Fsp3) is 0.333. The van der Waals surface area contributed by atoms with Crippen molar-refractivity contribution in [2.75, 3.05) is 0 Å². The van der Waals surface area contributed by atoms with Crippen LogP contribution in [0.3, 0.4) is 0 Å². The maximum Gasteiger partial charge on any atom is 0.419 e. The third-order valence-corrected chi connectivity index (χ3v) is 6.50. The number of pyridine rings is 1. The van der Waals surface area contributed by atoms with Crippen LogP contribution in [0.25, 0.3) is 22.2 Å². The molecule has 9 heteroatoms. The summed E-state index contributed by atoms with van der Waals surface area (Å²) >= 11 is 0. The van der Waals surface area contributed by atoms with Crippen LogP contribution in [0.2, 0.25) is 0 Å². The Balaban J connectivity index is 1.55. The molecule has 8 nitrogen and oxygen atoms in total. The van der Waals surface area contributed by atoms with Crippen LogP contribution in [-0.4, -0.2) is 26.8 Å². The molecule has 33 heavy (non-hydrogen) atoms. The van der Waals surface area contributed by atoms with E-state index in [1.165, 1.54) is 12.3 Å². The van der Waals surface area contributed by atoms with Crippen molar-refractivity contribution >= 4 is 22.9 Å². The summed E-state index contributed by atoms with van der Waals surface area (Å²) in [4.78, 5) is 39.4.